The third kappa shape index (κ3) is 3.38. The van der Waals surface area contributed by atoms with Gasteiger partial charge in [-0.1, -0.05) is 24.3 Å². The number of benzene rings is 2. The van der Waals surface area contributed by atoms with Crippen molar-refractivity contribution >= 4 is 22.6 Å². The highest BCUT2D eigenvalue weighted by molar-refractivity contribution is 6.04. The van der Waals surface area contributed by atoms with E-state index in [-0.39, 0.29) is 35.6 Å². The molecule has 2 N–H and O–H groups in total. The maximum atomic E-state index is 12.3. The standard InChI is InChI=1S/C19H21NO5/c1-12-6-4-5-9-20(12)17(22)11-25-19(24)15-10-16(21)13-7-2-3-8-14(13)18(15)23/h2-3,7-8,10,12,21,23H,4-6,9,11H2,1H3/t12-/m0/s1. The molecule has 0 radical (unpaired) electrons. The lowest BCUT2D eigenvalue weighted by Gasteiger charge is -2.33. The highest BCUT2D eigenvalue weighted by atomic mass is 16.5. The van der Waals surface area contributed by atoms with Gasteiger partial charge in [0.15, 0.2) is 6.61 Å². The lowest BCUT2D eigenvalue weighted by Crippen LogP contribution is -2.44. The topological polar surface area (TPSA) is 87.1 Å². The van der Waals surface area contributed by atoms with Crippen LogP contribution in [0.1, 0.15) is 36.5 Å². The summed E-state index contributed by atoms with van der Waals surface area (Å²) in [4.78, 5) is 26.2. The molecular formula is C19H21NO5. The number of rotatable bonds is 3. The monoisotopic (exact) mass is 343 g/mol. The third-order valence-corrected chi connectivity index (χ3v) is 4.66. The molecule has 1 amide bonds. The summed E-state index contributed by atoms with van der Waals surface area (Å²) in [6.07, 6.45) is 2.98. The van der Waals surface area contributed by atoms with E-state index < -0.39 is 5.97 Å². The highest BCUT2D eigenvalue weighted by Crippen LogP contribution is 2.35. The van der Waals surface area contributed by atoms with Crippen LogP contribution in [0.15, 0.2) is 30.3 Å². The van der Waals surface area contributed by atoms with E-state index in [2.05, 4.69) is 0 Å². The van der Waals surface area contributed by atoms with Crippen molar-refractivity contribution in [3.05, 3.63) is 35.9 Å². The van der Waals surface area contributed by atoms with Crippen molar-refractivity contribution in [2.45, 2.75) is 32.2 Å². The molecular weight excluding hydrogens is 322 g/mol. The number of ether oxygens (including phenoxy) is 1. The maximum Gasteiger partial charge on any atom is 0.342 e. The summed E-state index contributed by atoms with van der Waals surface area (Å²) in [6.45, 7) is 2.27. The molecule has 132 valence electrons. The largest absolute Gasteiger partial charge is 0.507 e. The van der Waals surface area contributed by atoms with Crippen molar-refractivity contribution in [2.24, 2.45) is 0 Å². The van der Waals surface area contributed by atoms with E-state index in [0.717, 1.165) is 25.3 Å². The quantitative estimate of drug-likeness (QED) is 0.661. The van der Waals surface area contributed by atoms with Crippen LogP contribution in [0, 0.1) is 0 Å². The van der Waals surface area contributed by atoms with Crippen LogP contribution >= 0.6 is 0 Å². The molecule has 3 rings (SSSR count). The molecule has 0 bridgehead atoms. The molecule has 0 unspecified atom stereocenters. The number of amides is 1. The van der Waals surface area contributed by atoms with Gasteiger partial charge in [-0.3, -0.25) is 4.79 Å². The Kier molecular flexibility index (Phi) is 4.79. The molecule has 1 fully saturated rings. The molecule has 1 saturated heterocycles. The Hall–Kier alpha value is -2.76. The first kappa shape index (κ1) is 17.1. The van der Waals surface area contributed by atoms with Gasteiger partial charge in [0, 0.05) is 23.4 Å². The summed E-state index contributed by atoms with van der Waals surface area (Å²) >= 11 is 0. The Labute approximate surface area is 145 Å². The Bertz CT molecular complexity index is 817. The average Bonchev–Trinajstić information content (AvgIpc) is 2.63. The van der Waals surface area contributed by atoms with E-state index in [1.807, 2.05) is 6.92 Å². The maximum absolute atomic E-state index is 12.3. The number of carbonyl (C=O) groups is 2. The Morgan fingerprint density at radius 3 is 2.64 bits per heavy atom. The zero-order valence-corrected chi connectivity index (χ0v) is 14.1. The summed E-state index contributed by atoms with van der Waals surface area (Å²) in [5.41, 5.74) is -0.157. The summed E-state index contributed by atoms with van der Waals surface area (Å²) in [5, 5.41) is 21.1. The smallest absolute Gasteiger partial charge is 0.342 e. The predicted molar refractivity (Wildman–Crippen MR) is 92.6 cm³/mol. The molecule has 1 aliphatic heterocycles. The first-order chi connectivity index (χ1) is 12.0. The second-order valence-corrected chi connectivity index (χ2v) is 6.35. The second kappa shape index (κ2) is 7.01. The fraction of sp³-hybridized carbons (Fsp3) is 0.368. The summed E-state index contributed by atoms with van der Waals surface area (Å²) in [7, 11) is 0. The molecule has 6 heteroatoms. The van der Waals surface area contributed by atoms with E-state index in [0.29, 0.717) is 17.3 Å². The Morgan fingerprint density at radius 2 is 1.92 bits per heavy atom. The number of hydrogen-bond donors (Lipinski definition) is 2. The molecule has 6 nitrogen and oxygen atoms in total. The van der Waals surface area contributed by atoms with Gasteiger partial charge >= 0.3 is 5.97 Å². The van der Waals surface area contributed by atoms with Crippen molar-refractivity contribution in [3.8, 4) is 11.5 Å². The fourth-order valence-corrected chi connectivity index (χ4v) is 3.25. The van der Waals surface area contributed by atoms with Crippen LogP contribution in [0.5, 0.6) is 11.5 Å². The van der Waals surface area contributed by atoms with Crippen LogP contribution < -0.4 is 0 Å². The van der Waals surface area contributed by atoms with Crippen LogP contribution in [0.3, 0.4) is 0 Å². The zero-order valence-electron chi connectivity index (χ0n) is 14.1. The molecule has 1 heterocycles. The van der Waals surface area contributed by atoms with Gasteiger partial charge in [0.05, 0.1) is 0 Å². The number of esters is 1. The molecule has 0 spiro atoms. The van der Waals surface area contributed by atoms with E-state index in [4.69, 9.17) is 4.74 Å². The molecule has 2 aromatic rings. The number of hydrogen-bond acceptors (Lipinski definition) is 5. The fourth-order valence-electron chi connectivity index (χ4n) is 3.25. The number of phenolic OH excluding ortho intramolecular Hbond substituents is 2. The summed E-state index contributed by atoms with van der Waals surface area (Å²) < 4.78 is 5.07. The van der Waals surface area contributed by atoms with Gasteiger partial charge < -0.3 is 19.8 Å². The van der Waals surface area contributed by atoms with Crippen LogP contribution in [0.25, 0.3) is 10.8 Å². The molecule has 2 aromatic carbocycles. The molecule has 25 heavy (non-hydrogen) atoms. The van der Waals surface area contributed by atoms with Crippen LogP contribution in [0.2, 0.25) is 0 Å². The SMILES string of the molecule is C[C@H]1CCCCN1C(=O)COC(=O)c1cc(O)c2ccccc2c1O. The van der Waals surface area contributed by atoms with E-state index in [9.17, 15) is 19.8 Å². The molecule has 1 aliphatic rings. The molecule has 0 aliphatic carbocycles. The number of carbonyl (C=O) groups excluding carboxylic acids is 2. The molecule has 0 aromatic heterocycles. The normalized spacial score (nSPS) is 17.5. The summed E-state index contributed by atoms with van der Waals surface area (Å²) in [5.74, 6) is -1.48. The number of piperidine rings is 1. The van der Waals surface area contributed by atoms with Gasteiger partial charge in [0.1, 0.15) is 17.1 Å². The Balaban J connectivity index is 1.74. The van der Waals surface area contributed by atoms with E-state index >= 15 is 0 Å². The first-order valence-corrected chi connectivity index (χ1v) is 8.39. The van der Waals surface area contributed by atoms with E-state index in [1.165, 1.54) is 0 Å². The second-order valence-electron chi connectivity index (χ2n) is 6.35. The van der Waals surface area contributed by atoms with Crippen molar-refractivity contribution in [3.63, 3.8) is 0 Å². The highest BCUT2D eigenvalue weighted by Gasteiger charge is 2.25. The number of fused-ring (bicyclic) bond motifs is 1. The average molecular weight is 343 g/mol. The predicted octanol–water partition coefficient (Wildman–Crippen LogP) is 2.81. The Morgan fingerprint density at radius 1 is 1.20 bits per heavy atom. The first-order valence-electron chi connectivity index (χ1n) is 8.39. The van der Waals surface area contributed by atoms with E-state index in [1.54, 1.807) is 29.2 Å². The summed E-state index contributed by atoms with van der Waals surface area (Å²) in [6, 6.07) is 7.95. The number of nitrogens with zero attached hydrogens (tertiary/aromatic N) is 1. The number of likely N-dealkylation sites (tertiary alicyclic amines) is 1. The van der Waals surface area contributed by atoms with Gasteiger partial charge in [-0.05, 0) is 32.3 Å². The van der Waals surface area contributed by atoms with Gasteiger partial charge in [-0.25, -0.2) is 4.79 Å². The van der Waals surface area contributed by atoms with Gasteiger partial charge in [-0.2, -0.15) is 0 Å². The van der Waals surface area contributed by atoms with Crippen LogP contribution in [-0.4, -0.2) is 46.2 Å². The van der Waals surface area contributed by atoms with Crippen molar-refractivity contribution in [2.75, 3.05) is 13.2 Å². The number of phenols is 2. The zero-order chi connectivity index (χ0) is 18.0. The minimum absolute atomic E-state index is 0.128. The van der Waals surface area contributed by atoms with Gasteiger partial charge in [0.25, 0.3) is 5.91 Å². The number of aromatic hydroxyl groups is 2. The molecule has 1 atom stereocenters. The van der Waals surface area contributed by atoms with Gasteiger partial charge in [0.2, 0.25) is 0 Å². The van der Waals surface area contributed by atoms with Gasteiger partial charge in [-0.15, -0.1) is 0 Å². The van der Waals surface area contributed by atoms with Crippen molar-refractivity contribution < 1.29 is 24.5 Å². The minimum atomic E-state index is -0.837. The minimum Gasteiger partial charge on any atom is -0.507 e. The third-order valence-electron chi connectivity index (χ3n) is 4.66. The van der Waals surface area contributed by atoms with Crippen LogP contribution in [-0.2, 0) is 9.53 Å². The lowest BCUT2D eigenvalue weighted by atomic mass is 10.0. The molecule has 0 saturated carbocycles. The van der Waals surface area contributed by atoms with Crippen LogP contribution in [0.4, 0.5) is 0 Å². The lowest BCUT2D eigenvalue weighted by molar-refractivity contribution is -0.137. The van der Waals surface area contributed by atoms with Crippen molar-refractivity contribution in [1.29, 1.82) is 0 Å². The van der Waals surface area contributed by atoms with Crippen molar-refractivity contribution in [1.82, 2.24) is 4.90 Å².